The molecule has 2 nitrogen and oxygen atoms in total. The fraction of sp³-hybridized carbons (Fsp3) is 0.357. The first kappa shape index (κ1) is 10.9. The van der Waals surface area contributed by atoms with Crippen LogP contribution in [0.5, 0.6) is 5.75 Å². The highest BCUT2D eigenvalue weighted by atomic mass is 16.5. The lowest BCUT2D eigenvalue weighted by Gasteiger charge is -2.20. The second-order valence-corrected chi connectivity index (χ2v) is 4.34. The summed E-state index contributed by atoms with van der Waals surface area (Å²) in [5, 5.41) is 0. The van der Waals surface area contributed by atoms with Crippen LogP contribution in [0.3, 0.4) is 0 Å². The van der Waals surface area contributed by atoms with Gasteiger partial charge in [0.25, 0.3) is 0 Å². The summed E-state index contributed by atoms with van der Waals surface area (Å²) in [6.45, 7) is 2.02. The highest BCUT2D eigenvalue weighted by Gasteiger charge is 2.20. The fourth-order valence-electron chi connectivity index (χ4n) is 2.21. The summed E-state index contributed by atoms with van der Waals surface area (Å²) in [6, 6.07) is 8.01. The molecule has 2 heteroatoms. The molecule has 0 unspecified atom stereocenters. The van der Waals surface area contributed by atoms with Gasteiger partial charge in [-0.25, -0.2) is 0 Å². The summed E-state index contributed by atoms with van der Waals surface area (Å²) in [5.41, 5.74) is 2.40. The SMILES string of the molecule is COc1ccc([C@@H]2CC(=O)C=C(C)C2)cc1. The number of rotatable bonds is 2. The van der Waals surface area contributed by atoms with Crippen LogP contribution in [0.1, 0.15) is 31.2 Å². The third kappa shape index (κ3) is 2.32. The van der Waals surface area contributed by atoms with Crippen LogP contribution in [-0.4, -0.2) is 12.9 Å². The molecule has 0 radical (unpaired) electrons. The summed E-state index contributed by atoms with van der Waals surface area (Å²) in [6.07, 6.45) is 3.38. The third-order valence-electron chi connectivity index (χ3n) is 3.01. The molecule has 16 heavy (non-hydrogen) atoms. The first-order valence-corrected chi connectivity index (χ1v) is 5.53. The van der Waals surface area contributed by atoms with Crippen molar-refractivity contribution in [2.75, 3.05) is 7.11 Å². The Bertz CT molecular complexity index is 415. The smallest absolute Gasteiger partial charge is 0.156 e. The molecule has 0 spiro atoms. The molecule has 0 amide bonds. The maximum Gasteiger partial charge on any atom is 0.156 e. The molecule has 1 aliphatic carbocycles. The number of hydrogen-bond acceptors (Lipinski definition) is 2. The number of ether oxygens (including phenoxy) is 1. The Balaban J connectivity index is 2.18. The predicted molar refractivity (Wildman–Crippen MR) is 63.7 cm³/mol. The van der Waals surface area contributed by atoms with Crippen molar-refractivity contribution in [3.63, 3.8) is 0 Å². The number of benzene rings is 1. The molecular formula is C14H16O2. The Morgan fingerprint density at radius 1 is 1.19 bits per heavy atom. The molecule has 0 aliphatic heterocycles. The van der Waals surface area contributed by atoms with Crippen molar-refractivity contribution in [2.45, 2.75) is 25.7 Å². The molecule has 0 N–H and O–H groups in total. The van der Waals surface area contributed by atoms with Crippen molar-refractivity contribution in [3.8, 4) is 5.75 Å². The van der Waals surface area contributed by atoms with Crippen molar-refractivity contribution in [1.29, 1.82) is 0 Å². The molecule has 1 aromatic carbocycles. The van der Waals surface area contributed by atoms with E-state index in [1.54, 1.807) is 13.2 Å². The zero-order chi connectivity index (χ0) is 11.5. The van der Waals surface area contributed by atoms with Crippen molar-refractivity contribution < 1.29 is 9.53 Å². The van der Waals surface area contributed by atoms with Crippen LogP contribution < -0.4 is 4.74 Å². The van der Waals surface area contributed by atoms with Gasteiger partial charge in [0, 0.05) is 6.42 Å². The molecule has 0 heterocycles. The summed E-state index contributed by atoms with van der Waals surface area (Å²) in [5.74, 6) is 1.44. The van der Waals surface area contributed by atoms with E-state index in [2.05, 4.69) is 12.1 Å². The number of ketones is 1. The van der Waals surface area contributed by atoms with Crippen LogP contribution >= 0.6 is 0 Å². The second-order valence-electron chi connectivity index (χ2n) is 4.34. The lowest BCUT2D eigenvalue weighted by molar-refractivity contribution is -0.115. The number of hydrogen-bond donors (Lipinski definition) is 0. The van der Waals surface area contributed by atoms with Crippen molar-refractivity contribution in [3.05, 3.63) is 41.5 Å². The molecule has 0 saturated heterocycles. The Morgan fingerprint density at radius 3 is 2.44 bits per heavy atom. The van der Waals surface area contributed by atoms with E-state index in [0.717, 1.165) is 12.2 Å². The van der Waals surface area contributed by atoms with Crippen LogP contribution in [0, 0.1) is 0 Å². The Labute approximate surface area is 95.9 Å². The van der Waals surface area contributed by atoms with Gasteiger partial charge in [0.2, 0.25) is 0 Å². The summed E-state index contributed by atoms with van der Waals surface area (Å²) < 4.78 is 5.12. The van der Waals surface area contributed by atoms with Gasteiger partial charge in [-0.3, -0.25) is 4.79 Å². The first-order valence-electron chi connectivity index (χ1n) is 5.53. The second kappa shape index (κ2) is 4.52. The van der Waals surface area contributed by atoms with Crippen molar-refractivity contribution in [1.82, 2.24) is 0 Å². The van der Waals surface area contributed by atoms with Crippen LogP contribution in [0.4, 0.5) is 0 Å². The number of carbonyl (C=O) groups excluding carboxylic acids is 1. The standard InChI is InChI=1S/C14H16O2/c1-10-7-12(9-13(15)8-10)11-3-5-14(16-2)6-4-11/h3-6,8,12H,7,9H2,1-2H3/t12-/m0/s1. The van der Waals surface area contributed by atoms with Gasteiger partial charge in [0.1, 0.15) is 5.75 Å². The maximum absolute atomic E-state index is 11.5. The Kier molecular flexibility index (Phi) is 3.09. The molecule has 1 aliphatic rings. The first-order chi connectivity index (χ1) is 7.69. The van der Waals surface area contributed by atoms with Gasteiger partial charge < -0.3 is 4.74 Å². The molecule has 2 rings (SSSR count). The van der Waals surface area contributed by atoms with Gasteiger partial charge in [-0.15, -0.1) is 0 Å². The third-order valence-corrected chi connectivity index (χ3v) is 3.01. The normalized spacial score (nSPS) is 20.5. The fourth-order valence-corrected chi connectivity index (χ4v) is 2.21. The van der Waals surface area contributed by atoms with Gasteiger partial charge in [0.05, 0.1) is 7.11 Å². The average molecular weight is 216 g/mol. The Hall–Kier alpha value is -1.57. The summed E-state index contributed by atoms with van der Waals surface area (Å²) in [7, 11) is 1.66. The lowest BCUT2D eigenvalue weighted by atomic mass is 9.84. The van der Waals surface area contributed by atoms with E-state index in [4.69, 9.17) is 4.74 Å². The van der Waals surface area contributed by atoms with Gasteiger partial charge in [-0.2, -0.15) is 0 Å². The number of allylic oxidation sites excluding steroid dienone is 2. The number of carbonyl (C=O) groups is 1. The van der Waals surface area contributed by atoms with E-state index < -0.39 is 0 Å². The van der Waals surface area contributed by atoms with E-state index >= 15 is 0 Å². The van der Waals surface area contributed by atoms with E-state index in [1.807, 2.05) is 19.1 Å². The molecule has 1 aromatic rings. The average Bonchev–Trinajstić information content (AvgIpc) is 2.28. The zero-order valence-electron chi connectivity index (χ0n) is 9.69. The van der Waals surface area contributed by atoms with E-state index in [9.17, 15) is 4.79 Å². The van der Waals surface area contributed by atoms with Crippen LogP contribution in [-0.2, 0) is 4.79 Å². The van der Waals surface area contributed by atoms with Crippen molar-refractivity contribution >= 4 is 5.78 Å². The molecule has 0 bridgehead atoms. The zero-order valence-corrected chi connectivity index (χ0v) is 9.69. The monoisotopic (exact) mass is 216 g/mol. The summed E-state index contributed by atoms with van der Waals surface area (Å²) >= 11 is 0. The largest absolute Gasteiger partial charge is 0.497 e. The molecular weight excluding hydrogens is 200 g/mol. The lowest BCUT2D eigenvalue weighted by Crippen LogP contribution is -2.11. The van der Waals surface area contributed by atoms with E-state index in [-0.39, 0.29) is 5.78 Å². The van der Waals surface area contributed by atoms with Crippen LogP contribution in [0.25, 0.3) is 0 Å². The highest BCUT2D eigenvalue weighted by molar-refractivity contribution is 5.91. The maximum atomic E-state index is 11.5. The minimum Gasteiger partial charge on any atom is -0.497 e. The van der Waals surface area contributed by atoms with Gasteiger partial charge in [-0.1, -0.05) is 17.7 Å². The molecule has 84 valence electrons. The van der Waals surface area contributed by atoms with Gasteiger partial charge in [0.15, 0.2) is 5.78 Å². The Morgan fingerprint density at radius 2 is 1.88 bits per heavy atom. The van der Waals surface area contributed by atoms with E-state index in [1.165, 1.54) is 11.1 Å². The van der Waals surface area contributed by atoms with Crippen LogP contribution in [0.15, 0.2) is 35.9 Å². The molecule has 0 aromatic heterocycles. The van der Waals surface area contributed by atoms with Crippen LogP contribution in [0.2, 0.25) is 0 Å². The minimum atomic E-state index is 0.240. The minimum absolute atomic E-state index is 0.240. The molecule has 0 saturated carbocycles. The predicted octanol–water partition coefficient (Wildman–Crippen LogP) is 3.09. The van der Waals surface area contributed by atoms with E-state index in [0.29, 0.717) is 12.3 Å². The highest BCUT2D eigenvalue weighted by Crippen LogP contribution is 2.31. The molecule has 1 atom stereocenters. The topological polar surface area (TPSA) is 26.3 Å². The van der Waals surface area contributed by atoms with Gasteiger partial charge >= 0.3 is 0 Å². The van der Waals surface area contributed by atoms with Gasteiger partial charge in [-0.05, 0) is 43.0 Å². The molecule has 0 fully saturated rings. The summed E-state index contributed by atoms with van der Waals surface area (Å²) in [4.78, 5) is 11.5. The quantitative estimate of drug-likeness (QED) is 0.759. The van der Waals surface area contributed by atoms with Crippen molar-refractivity contribution in [2.24, 2.45) is 0 Å². The number of methoxy groups -OCH3 is 1.